The van der Waals surface area contributed by atoms with Crippen molar-refractivity contribution in [2.24, 2.45) is 5.92 Å². The van der Waals surface area contributed by atoms with E-state index in [-0.39, 0.29) is 17.5 Å². The zero-order valence-corrected chi connectivity index (χ0v) is 20.7. The number of nitrogens with zero attached hydrogens (tertiary/aromatic N) is 1. The van der Waals surface area contributed by atoms with Crippen molar-refractivity contribution in [2.75, 3.05) is 6.61 Å². The lowest BCUT2D eigenvalue weighted by Crippen LogP contribution is -2.46. The summed E-state index contributed by atoms with van der Waals surface area (Å²) in [5.41, 5.74) is 0.372. The number of aliphatic carboxylic acids is 1. The fourth-order valence-electron chi connectivity index (χ4n) is 3.33. The SMILES string of the molecule is C[C@H](CC(=O)c1cc(-c2ccccc2Cl)on1)C(=O)N[C@H](CC(=O)O)C(=O)COc1c(F)c(F)cc(F)c1F. The summed E-state index contributed by atoms with van der Waals surface area (Å²) in [4.78, 5) is 48.9. The van der Waals surface area contributed by atoms with Crippen LogP contribution in [0, 0.1) is 29.2 Å². The van der Waals surface area contributed by atoms with Crippen LogP contribution in [0.3, 0.4) is 0 Å². The summed E-state index contributed by atoms with van der Waals surface area (Å²) >= 11 is 6.10. The van der Waals surface area contributed by atoms with Crippen molar-refractivity contribution < 1.29 is 51.1 Å². The minimum absolute atomic E-state index is 0.0633. The van der Waals surface area contributed by atoms with Crippen molar-refractivity contribution in [1.29, 1.82) is 0 Å². The van der Waals surface area contributed by atoms with Gasteiger partial charge in [0, 0.05) is 30.0 Å². The number of carbonyl (C=O) groups excluding carboxylic acids is 3. The highest BCUT2D eigenvalue weighted by molar-refractivity contribution is 6.33. The van der Waals surface area contributed by atoms with E-state index in [1.54, 1.807) is 24.3 Å². The van der Waals surface area contributed by atoms with Gasteiger partial charge in [-0.25, -0.2) is 8.78 Å². The fourth-order valence-corrected chi connectivity index (χ4v) is 3.55. The smallest absolute Gasteiger partial charge is 0.305 e. The summed E-state index contributed by atoms with van der Waals surface area (Å²) in [7, 11) is 0. The number of nitrogens with one attached hydrogen (secondary N) is 1. The van der Waals surface area contributed by atoms with E-state index in [1.165, 1.54) is 13.0 Å². The summed E-state index contributed by atoms with van der Waals surface area (Å²) in [6.07, 6.45) is -1.37. The molecule has 9 nitrogen and oxygen atoms in total. The molecule has 1 amide bonds. The number of halogens is 5. The number of hydrogen-bond donors (Lipinski definition) is 2. The maximum absolute atomic E-state index is 13.8. The first-order valence-electron chi connectivity index (χ1n) is 11.1. The normalized spacial score (nSPS) is 12.5. The molecule has 2 N–H and O–H groups in total. The number of hydrogen-bond acceptors (Lipinski definition) is 7. The van der Waals surface area contributed by atoms with Crippen LogP contribution in [-0.2, 0) is 14.4 Å². The quantitative estimate of drug-likeness (QED) is 0.186. The molecule has 0 bridgehead atoms. The molecular formula is C25H19ClF4N2O7. The van der Waals surface area contributed by atoms with Crippen LogP contribution in [0.25, 0.3) is 11.3 Å². The zero-order valence-electron chi connectivity index (χ0n) is 20.0. The molecular weight excluding hydrogens is 552 g/mol. The Morgan fingerprint density at radius 3 is 2.31 bits per heavy atom. The van der Waals surface area contributed by atoms with Gasteiger partial charge in [0.2, 0.25) is 17.5 Å². The highest BCUT2D eigenvalue weighted by atomic mass is 35.5. The van der Waals surface area contributed by atoms with E-state index in [0.29, 0.717) is 10.6 Å². The van der Waals surface area contributed by atoms with Gasteiger partial charge in [-0.3, -0.25) is 19.2 Å². The number of carboxylic acids is 1. The van der Waals surface area contributed by atoms with Crippen LogP contribution in [0.15, 0.2) is 40.9 Å². The van der Waals surface area contributed by atoms with Gasteiger partial charge in [-0.1, -0.05) is 35.8 Å². The van der Waals surface area contributed by atoms with E-state index in [4.69, 9.17) is 21.2 Å². The third kappa shape index (κ3) is 7.19. The van der Waals surface area contributed by atoms with Gasteiger partial charge < -0.3 is 19.7 Å². The van der Waals surface area contributed by atoms with E-state index in [0.717, 1.165) is 0 Å². The van der Waals surface area contributed by atoms with E-state index in [1.807, 2.05) is 0 Å². The monoisotopic (exact) mass is 570 g/mol. The predicted molar refractivity (Wildman–Crippen MR) is 126 cm³/mol. The molecule has 0 spiro atoms. The number of carboxylic acid groups (broad SMARTS) is 1. The molecule has 0 radical (unpaired) electrons. The second kappa shape index (κ2) is 12.5. The van der Waals surface area contributed by atoms with Gasteiger partial charge in [0.05, 0.1) is 11.4 Å². The average molecular weight is 571 g/mol. The van der Waals surface area contributed by atoms with E-state index >= 15 is 0 Å². The van der Waals surface area contributed by atoms with Crippen LogP contribution in [0.1, 0.15) is 30.3 Å². The Kier molecular flexibility index (Phi) is 9.41. The van der Waals surface area contributed by atoms with Gasteiger partial charge in [-0.2, -0.15) is 8.78 Å². The number of aromatic nitrogens is 1. The summed E-state index contributed by atoms with van der Waals surface area (Å²) < 4.78 is 63.9. The Balaban J connectivity index is 1.64. The summed E-state index contributed by atoms with van der Waals surface area (Å²) in [5, 5.41) is 15.3. The largest absolute Gasteiger partial charge is 0.481 e. The van der Waals surface area contributed by atoms with Gasteiger partial charge in [0.25, 0.3) is 0 Å². The van der Waals surface area contributed by atoms with Crippen molar-refractivity contribution in [3.63, 3.8) is 0 Å². The molecule has 0 unspecified atom stereocenters. The van der Waals surface area contributed by atoms with Gasteiger partial charge >= 0.3 is 5.97 Å². The molecule has 0 aliphatic heterocycles. The lowest BCUT2D eigenvalue weighted by atomic mass is 10.00. The van der Waals surface area contributed by atoms with Crippen LogP contribution < -0.4 is 10.1 Å². The number of ether oxygens (including phenoxy) is 1. The van der Waals surface area contributed by atoms with Crippen LogP contribution in [-0.4, -0.2) is 46.4 Å². The van der Waals surface area contributed by atoms with E-state index < -0.39 is 83.9 Å². The molecule has 0 aliphatic rings. The molecule has 2 atom stereocenters. The third-order valence-electron chi connectivity index (χ3n) is 5.39. The molecule has 0 saturated carbocycles. The van der Waals surface area contributed by atoms with Crippen LogP contribution in [0.5, 0.6) is 5.75 Å². The Bertz CT molecular complexity index is 1400. The summed E-state index contributed by atoms with van der Waals surface area (Å²) in [5.74, 6) is -14.0. The Morgan fingerprint density at radius 2 is 1.69 bits per heavy atom. The Labute approximate surface area is 222 Å². The fraction of sp³-hybridized carbons (Fsp3) is 0.240. The number of ketones is 2. The average Bonchev–Trinajstić information content (AvgIpc) is 3.37. The van der Waals surface area contributed by atoms with Crippen LogP contribution >= 0.6 is 11.6 Å². The van der Waals surface area contributed by atoms with Gasteiger partial charge in [-0.05, 0) is 12.1 Å². The number of amides is 1. The number of Topliss-reactive ketones (excluding diaryl/α,β-unsaturated/α-hetero) is 2. The van der Waals surface area contributed by atoms with E-state index in [9.17, 15) is 36.7 Å². The minimum atomic E-state index is -1.90. The van der Waals surface area contributed by atoms with Crippen molar-refractivity contribution in [3.05, 3.63) is 70.4 Å². The van der Waals surface area contributed by atoms with Crippen molar-refractivity contribution in [3.8, 4) is 17.1 Å². The second-order valence-corrected chi connectivity index (χ2v) is 8.70. The first-order valence-corrected chi connectivity index (χ1v) is 11.5. The standard InChI is InChI=1S/C25H19ClF4N2O7/c1-11(6-18(33)17-8-20(39-32-17)12-4-2-3-5-13(12)26)25(37)31-16(9-21(35)36)19(34)10-38-24-22(29)14(27)7-15(28)23(24)30/h2-5,7-8,11,16H,6,9-10H2,1H3,(H,31,37)(H,35,36)/t11-,16-/m1/s1. The maximum atomic E-state index is 13.8. The van der Waals surface area contributed by atoms with Gasteiger partial charge in [0.1, 0.15) is 18.3 Å². The number of benzene rings is 2. The number of carbonyl (C=O) groups is 4. The first kappa shape index (κ1) is 29.3. The molecule has 1 aromatic heterocycles. The first-order chi connectivity index (χ1) is 18.4. The molecule has 0 fully saturated rings. The summed E-state index contributed by atoms with van der Waals surface area (Å²) in [6.45, 7) is 0.0907. The Morgan fingerprint density at radius 1 is 1.05 bits per heavy atom. The highest BCUT2D eigenvalue weighted by Gasteiger charge is 2.29. The van der Waals surface area contributed by atoms with Crippen molar-refractivity contribution in [2.45, 2.75) is 25.8 Å². The van der Waals surface area contributed by atoms with Crippen molar-refractivity contribution in [1.82, 2.24) is 10.5 Å². The lowest BCUT2D eigenvalue weighted by Gasteiger charge is -2.19. The topological polar surface area (TPSA) is 136 Å². The second-order valence-electron chi connectivity index (χ2n) is 8.30. The van der Waals surface area contributed by atoms with Crippen LogP contribution in [0.4, 0.5) is 17.6 Å². The third-order valence-corrected chi connectivity index (χ3v) is 5.72. The summed E-state index contributed by atoms with van der Waals surface area (Å²) in [6, 6.07) is 6.15. The molecule has 14 heteroatoms. The van der Waals surface area contributed by atoms with Gasteiger partial charge in [-0.15, -0.1) is 0 Å². The molecule has 3 aromatic rings. The minimum Gasteiger partial charge on any atom is -0.481 e. The zero-order chi connectivity index (χ0) is 28.9. The molecule has 2 aromatic carbocycles. The Hall–Kier alpha value is -4.26. The molecule has 206 valence electrons. The molecule has 39 heavy (non-hydrogen) atoms. The van der Waals surface area contributed by atoms with Gasteiger partial charge in [0.15, 0.2) is 34.7 Å². The molecule has 1 heterocycles. The highest BCUT2D eigenvalue weighted by Crippen LogP contribution is 2.29. The number of rotatable bonds is 12. The maximum Gasteiger partial charge on any atom is 0.305 e. The molecule has 3 rings (SSSR count). The predicted octanol–water partition coefficient (Wildman–Crippen LogP) is 4.37. The lowest BCUT2D eigenvalue weighted by molar-refractivity contribution is -0.140. The van der Waals surface area contributed by atoms with Crippen LogP contribution in [0.2, 0.25) is 5.02 Å². The molecule has 0 saturated heterocycles. The molecule has 0 aliphatic carbocycles. The van der Waals surface area contributed by atoms with Crippen molar-refractivity contribution >= 4 is 35.0 Å². The van der Waals surface area contributed by atoms with E-state index in [2.05, 4.69) is 15.2 Å².